The van der Waals surface area contributed by atoms with Gasteiger partial charge in [0.2, 0.25) is 0 Å². The highest BCUT2D eigenvalue weighted by molar-refractivity contribution is 4.80. The highest BCUT2D eigenvalue weighted by atomic mass is 16.5. The van der Waals surface area contributed by atoms with Crippen molar-refractivity contribution in [3.63, 3.8) is 0 Å². The quantitative estimate of drug-likeness (QED) is 0.657. The molecule has 2 saturated heterocycles. The van der Waals surface area contributed by atoms with E-state index in [9.17, 15) is 0 Å². The SMILES string of the molecule is CCCCC(C)(C)OC[C@@H]1CCC[N@+]2(C)CCCC[C@@H]12. The maximum atomic E-state index is 6.36. The third-order valence-electron chi connectivity index (χ3n) is 5.83. The van der Waals surface area contributed by atoms with Gasteiger partial charge in [-0.2, -0.15) is 0 Å². The number of ether oxygens (including phenoxy) is 1. The first-order valence-corrected chi connectivity index (χ1v) is 8.95. The molecular weight excluding hydrogens is 246 g/mol. The van der Waals surface area contributed by atoms with Gasteiger partial charge in [-0.15, -0.1) is 0 Å². The molecule has 118 valence electrons. The van der Waals surface area contributed by atoms with Crippen LogP contribution in [0, 0.1) is 5.92 Å². The Bertz CT molecular complexity index is 298. The highest BCUT2D eigenvalue weighted by Crippen LogP contribution is 2.36. The third kappa shape index (κ3) is 3.98. The molecule has 2 heteroatoms. The second kappa shape index (κ2) is 6.79. The maximum absolute atomic E-state index is 6.36. The topological polar surface area (TPSA) is 9.23 Å². The molecule has 0 bridgehead atoms. The second-order valence-electron chi connectivity index (χ2n) is 8.07. The van der Waals surface area contributed by atoms with E-state index in [0.717, 1.165) is 18.6 Å². The molecule has 0 aliphatic carbocycles. The van der Waals surface area contributed by atoms with E-state index in [2.05, 4.69) is 27.8 Å². The Morgan fingerprint density at radius 2 is 1.85 bits per heavy atom. The maximum Gasteiger partial charge on any atom is 0.0939 e. The molecule has 0 amide bonds. The molecule has 2 fully saturated rings. The van der Waals surface area contributed by atoms with Crippen LogP contribution in [0.2, 0.25) is 0 Å². The number of unbranched alkanes of at least 4 members (excludes halogenated alkanes) is 1. The van der Waals surface area contributed by atoms with Crippen LogP contribution in [-0.2, 0) is 4.74 Å². The lowest BCUT2D eigenvalue weighted by atomic mass is 9.82. The lowest BCUT2D eigenvalue weighted by Gasteiger charge is -2.51. The van der Waals surface area contributed by atoms with Gasteiger partial charge in [-0.25, -0.2) is 0 Å². The number of quaternary nitrogens is 1. The van der Waals surface area contributed by atoms with E-state index in [1.807, 2.05) is 0 Å². The van der Waals surface area contributed by atoms with Crippen molar-refractivity contribution in [1.82, 2.24) is 0 Å². The highest BCUT2D eigenvalue weighted by Gasteiger charge is 2.43. The van der Waals surface area contributed by atoms with Gasteiger partial charge in [0.1, 0.15) is 0 Å². The van der Waals surface area contributed by atoms with E-state index in [4.69, 9.17) is 4.74 Å². The van der Waals surface area contributed by atoms with Gasteiger partial charge in [-0.1, -0.05) is 19.8 Å². The average Bonchev–Trinajstić information content (AvgIpc) is 2.42. The van der Waals surface area contributed by atoms with Crippen LogP contribution in [0.25, 0.3) is 0 Å². The van der Waals surface area contributed by atoms with Crippen molar-refractivity contribution in [2.75, 3.05) is 26.7 Å². The first-order valence-electron chi connectivity index (χ1n) is 8.95. The minimum absolute atomic E-state index is 0.0749. The minimum atomic E-state index is 0.0749. The molecule has 0 aromatic rings. The molecule has 0 aromatic carbocycles. The van der Waals surface area contributed by atoms with Gasteiger partial charge in [0.25, 0.3) is 0 Å². The average molecular weight is 282 g/mol. The van der Waals surface area contributed by atoms with Crippen molar-refractivity contribution < 1.29 is 9.22 Å². The number of fused-ring (bicyclic) bond motifs is 1. The predicted octanol–water partition coefficient (Wildman–Crippen LogP) is 4.38. The van der Waals surface area contributed by atoms with Gasteiger partial charge in [0.15, 0.2) is 0 Å². The molecule has 0 spiro atoms. The van der Waals surface area contributed by atoms with Gasteiger partial charge in [0, 0.05) is 12.3 Å². The third-order valence-corrected chi connectivity index (χ3v) is 5.83. The van der Waals surface area contributed by atoms with Gasteiger partial charge in [0.05, 0.1) is 38.4 Å². The van der Waals surface area contributed by atoms with Crippen molar-refractivity contribution >= 4 is 0 Å². The monoisotopic (exact) mass is 282 g/mol. The number of rotatable bonds is 6. The van der Waals surface area contributed by atoms with E-state index < -0.39 is 0 Å². The van der Waals surface area contributed by atoms with Crippen LogP contribution in [0.15, 0.2) is 0 Å². The smallest absolute Gasteiger partial charge is 0.0939 e. The Hall–Kier alpha value is -0.0800. The van der Waals surface area contributed by atoms with Crippen molar-refractivity contribution in [1.29, 1.82) is 0 Å². The van der Waals surface area contributed by atoms with Crippen molar-refractivity contribution in [3.05, 3.63) is 0 Å². The largest absolute Gasteiger partial charge is 0.375 e. The van der Waals surface area contributed by atoms with Gasteiger partial charge in [-0.3, -0.25) is 0 Å². The summed E-state index contributed by atoms with van der Waals surface area (Å²) in [6.45, 7) is 10.6. The number of hydrogen-bond donors (Lipinski definition) is 0. The number of hydrogen-bond acceptors (Lipinski definition) is 1. The van der Waals surface area contributed by atoms with E-state index in [1.54, 1.807) is 0 Å². The first-order chi connectivity index (χ1) is 9.47. The van der Waals surface area contributed by atoms with Crippen molar-refractivity contribution in [2.45, 2.75) is 83.8 Å². The summed E-state index contributed by atoms with van der Waals surface area (Å²) in [5, 5.41) is 0. The Morgan fingerprint density at radius 1 is 1.10 bits per heavy atom. The second-order valence-corrected chi connectivity index (χ2v) is 8.07. The van der Waals surface area contributed by atoms with Crippen LogP contribution in [0.1, 0.15) is 72.1 Å². The summed E-state index contributed by atoms with van der Waals surface area (Å²) < 4.78 is 7.69. The zero-order chi connectivity index (χ0) is 14.6. The molecule has 2 rings (SSSR count). The molecule has 0 radical (unpaired) electrons. The Labute approximate surface area is 126 Å². The lowest BCUT2D eigenvalue weighted by molar-refractivity contribution is -0.947. The van der Waals surface area contributed by atoms with Crippen LogP contribution in [0.4, 0.5) is 0 Å². The fourth-order valence-electron chi connectivity index (χ4n) is 4.44. The molecule has 0 unspecified atom stereocenters. The standard InChI is InChI=1S/C18H36NO/c1-5-6-12-18(2,3)20-15-16-10-9-14-19(4)13-8-7-11-17(16)19/h16-17H,5-15H2,1-4H3/q+1/t16-,17-,19-/m0/s1. The van der Waals surface area contributed by atoms with Crippen LogP contribution in [0.3, 0.4) is 0 Å². The summed E-state index contributed by atoms with van der Waals surface area (Å²) in [6.07, 6.45) is 10.9. The molecule has 3 atom stereocenters. The lowest BCUT2D eigenvalue weighted by Crippen LogP contribution is -2.61. The Balaban J connectivity index is 1.88. The molecule has 20 heavy (non-hydrogen) atoms. The van der Waals surface area contributed by atoms with E-state index in [0.29, 0.717) is 0 Å². The minimum Gasteiger partial charge on any atom is -0.375 e. The zero-order valence-corrected chi connectivity index (χ0v) is 14.3. The van der Waals surface area contributed by atoms with E-state index >= 15 is 0 Å². The number of nitrogens with zero attached hydrogens (tertiary/aromatic N) is 1. The summed E-state index contributed by atoms with van der Waals surface area (Å²) in [6, 6.07) is 0.875. The number of piperidine rings is 2. The fourth-order valence-corrected chi connectivity index (χ4v) is 4.44. The molecule has 2 aliphatic rings. The van der Waals surface area contributed by atoms with Crippen LogP contribution in [0.5, 0.6) is 0 Å². The first kappa shape index (κ1) is 16.3. The van der Waals surface area contributed by atoms with Crippen molar-refractivity contribution in [2.24, 2.45) is 5.92 Å². The summed E-state index contributed by atoms with van der Waals surface area (Å²) in [4.78, 5) is 0. The van der Waals surface area contributed by atoms with Gasteiger partial charge >= 0.3 is 0 Å². The van der Waals surface area contributed by atoms with Crippen molar-refractivity contribution in [3.8, 4) is 0 Å². The molecule has 2 aliphatic heterocycles. The predicted molar refractivity (Wildman–Crippen MR) is 85.8 cm³/mol. The Morgan fingerprint density at radius 3 is 2.60 bits per heavy atom. The summed E-state index contributed by atoms with van der Waals surface area (Å²) in [7, 11) is 2.50. The zero-order valence-electron chi connectivity index (χ0n) is 14.3. The molecular formula is C18H36NO+. The normalized spacial score (nSPS) is 34.8. The molecule has 0 N–H and O–H groups in total. The summed E-state index contributed by atoms with van der Waals surface area (Å²) >= 11 is 0. The Kier molecular flexibility index (Phi) is 5.53. The van der Waals surface area contributed by atoms with Gasteiger partial charge in [-0.05, 0) is 46.0 Å². The van der Waals surface area contributed by atoms with Crippen LogP contribution >= 0.6 is 0 Å². The summed E-state index contributed by atoms with van der Waals surface area (Å²) in [5.41, 5.74) is 0.0749. The van der Waals surface area contributed by atoms with E-state index in [1.165, 1.54) is 68.9 Å². The van der Waals surface area contributed by atoms with Gasteiger partial charge < -0.3 is 9.22 Å². The molecule has 0 saturated carbocycles. The van der Waals surface area contributed by atoms with Crippen LogP contribution in [-0.4, -0.2) is 42.9 Å². The molecule has 0 aromatic heterocycles. The van der Waals surface area contributed by atoms with E-state index in [-0.39, 0.29) is 5.60 Å². The van der Waals surface area contributed by atoms with Crippen LogP contribution < -0.4 is 0 Å². The molecule has 2 nitrogen and oxygen atoms in total. The summed E-state index contributed by atoms with van der Waals surface area (Å²) in [5.74, 6) is 0.801. The fraction of sp³-hybridized carbons (Fsp3) is 1.00. The molecule has 2 heterocycles.